The molecule has 27 heavy (non-hydrogen) atoms. The molecular weight excluding hydrogens is 365 g/mol. The number of rotatable bonds is 4. The van der Waals surface area contributed by atoms with Crippen molar-refractivity contribution in [2.45, 2.75) is 19.8 Å². The second-order valence-electron chi connectivity index (χ2n) is 6.55. The maximum atomic E-state index is 13.9. The van der Waals surface area contributed by atoms with Gasteiger partial charge < -0.3 is 10.0 Å². The Kier molecular flexibility index (Phi) is 4.61. The lowest BCUT2D eigenvalue weighted by atomic mass is 10.1. The minimum atomic E-state index is -0.819. The Morgan fingerprint density at radius 3 is 2.67 bits per heavy atom. The standard InChI is InChI=1S/C20H18FN3O2S/c1-12-19(14-8-15(11-25)18(26)16(21)9-14)27-20(23-12)13-4-5-17(22-10-13)24-6-2-3-7-24/h4-5,8-11,26H,2-3,6-7H2,1H3. The van der Waals surface area contributed by atoms with Gasteiger partial charge in [-0.25, -0.2) is 14.4 Å². The summed E-state index contributed by atoms with van der Waals surface area (Å²) in [6.45, 7) is 3.92. The van der Waals surface area contributed by atoms with E-state index in [1.807, 2.05) is 25.3 Å². The molecule has 1 aliphatic rings. The molecule has 0 spiro atoms. The topological polar surface area (TPSA) is 66.3 Å². The molecule has 0 atom stereocenters. The Hall–Kier alpha value is -2.80. The number of halogens is 1. The molecule has 0 radical (unpaired) electrons. The summed E-state index contributed by atoms with van der Waals surface area (Å²) in [5, 5.41) is 10.4. The fourth-order valence-corrected chi connectivity index (χ4v) is 4.32. The molecule has 0 unspecified atom stereocenters. The molecule has 0 aliphatic carbocycles. The van der Waals surface area contributed by atoms with E-state index in [0.29, 0.717) is 11.8 Å². The lowest BCUT2D eigenvalue weighted by Gasteiger charge is -2.15. The van der Waals surface area contributed by atoms with Crippen LogP contribution in [0.4, 0.5) is 10.2 Å². The van der Waals surface area contributed by atoms with Crippen LogP contribution < -0.4 is 4.90 Å². The van der Waals surface area contributed by atoms with E-state index in [9.17, 15) is 14.3 Å². The summed E-state index contributed by atoms with van der Waals surface area (Å²) in [6.07, 6.45) is 4.65. The second kappa shape index (κ2) is 7.08. The summed E-state index contributed by atoms with van der Waals surface area (Å²) >= 11 is 1.41. The van der Waals surface area contributed by atoms with E-state index >= 15 is 0 Å². The van der Waals surface area contributed by atoms with Gasteiger partial charge in [0.2, 0.25) is 0 Å². The van der Waals surface area contributed by atoms with E-state index in [1.165, 1.54) is 36.3 Å². The van der Waals surface area contributed by atoms with Crippen molar-refractivity contribution in [3.05, 3.63) is 47.5 Å². The number of carbonyl (C=O) groups excluding carboxylic acids is 1. The van der Waals surface area contributed by atoms with Gasteiger partial charge in [0.1, 0.15) is 10.8 Å². The molecule has 1 aliphatic heterocycles. The Morgan fingerprint density at radius 2 is 2.00 bits per heavy atom. The molecule has 5 nitrogen and oxygen atoms in total. The molecule has 3 heterocycles. The highest BCUT2D eigenvalue weighted by atomic mass is 32.1. The number of carbonyl (C=O) groups is 1. The number of phenols is 1. The minimum Gasteiger partial charge on any atom is -0.504 e. The lowest BCUT2D eigenvalue weighted by Crippen LogP contribution is -2.18. The van der Waals surface area contributed by atoms with Crippen LogP contribution in [-0.2, 0) is 0 Å². The van der Waals surface area contributed by atoms with E-state index in [4.69, 9.17) is 0 Å². The van der Waals surface area contributed by atoms with Crippen molar-refractivity contribution in [1.29, 1.82) is 0 Å². The first-order valence-electron chi connectivity index (χ1n) is 8.73. The van der Waals surface area contributed by atoms with Crippen LogP contribution in [0, 0.1) is 12.7 Å². The number of nitrogens with zero attached hydrogens (tertiary/aromatic N) is 3. The molecule has 1 saturated heterocycles. The van der Waals surface area contributed by atoms with Gasteiger partial charge in [0, 0.05) is 24.8 Å². The molecule has 0 amide bonds. The van der Waals surface area contributed by atoms with Crippen molar-refractivity contribution in [2.24, 2.45) is 0 Å². The number of aldehydes is 1. The zero-order valence-corrected chi connectivity index (χ0v) is 15.6. The molecule has 0 saturated carbocycles. The van der Waals surface area contributed by atoms with Crippen LogP contribution in [0.2, 0.25) is 0 Å². The van der Waals surface area contributed by atoms with E-state index in [1.54, 1.807) is 0 Å². The average Bonchev–Trinajstić information content (AvgIpc) is 3.34. The third kappa shape index (κ3) is 3.30. The van der Waals surface area contributed by atoms with Gasteiger partial charge in [-0.1, -0.05) is 0 Å². The number of aromatic nitrogens is 2. The van der Waals surface area contributed by atoms with Crippen LogP contribution in [0.15, 0.2) is 30.5 Å². The molecule has 2 aromatic heterocycles. The number of hydrogen-bond acceptors (Lipinski definition) is 6. The van der Waals surface area contributed by atoms with Gasteiger partial charge in [0.25, 0.3) is 0 Å². The Labute approximate surface area is 160 Å². The summed E-state index contributed by atoms with van der Waals surface area (Å²) in [6, 6.07) is 6.70. The summed E-state index contributed by atoms with van der Waals surface area (Å²) < 4.78 is 13.9. The van der Waals surface area contributed by atoms with E-state index < -0.39 is 11.6 Å². The van der Waals surface area contributed by atoms with E-state index in [-0.39, 0.29) is 5.56 Å². The van der Waals surface area contributed by atoms with Crippen LogP contribution in [0.3, 0.4) is 0 Å². The molecule has 1 N–H and O–H groups in total. The highest BCUT2D eigenvalue weighted by molar-refractivity contribution is 7.18. The SMILES string of the molecule is Cc1nc(-c2ccc(N3CCCC3)nc2)sc1-c1cc(F)c(O)c(C=O)c1. The van der Waals surface area contributed by atoms with E-state index in [2.05, 4.69) is 14.9 Å². The highest BCUT2D eigenvalue weighted by Gasteiger charge is 2.17. The number of anilines is 1. The fourth-order valence-electron chi connectivity index (χ4n) is 3.27. The minimum absolute atomic E-state index is 0.0732. The van der Waals surface area contributed by atoms with E-state index in [0.717, 1.165) is 40.0 Å². The predicted octanol–water partition coefficient (Wildman–Crippen LogP) is 4.44. The predicted molar refractivity (Wildman–Crippen MR) is 104 cm³/mol. The molecule has 0 bridgehead atoms. The molecule has 138 valence electrons. The Morgan fingerprint density at radius 1 is 1.22 bits per heavy atom. The molecule has 1 aromatic carbocycles. The lowest BCUT2D eigenvalue weighted by molar-refractivity contribution is 0.112. The number of hydrogen-bond donors (Lipinski definition) is 1. The van der Waals surface area contributed by atoms with Gasteiger partial charge in [-0.05, 0) is 49.6 Å². The summed E-state index contributed by atoms with van der Waals surface area (Å²) in [5.41, 5.74) is 2.08. The second-order valence-corrected chi connectivity index (χ2v) is 7.55. The highest BCUT2D eigenvalue weighted by Crippen LogP contribution is 2.37. The normalized spacial score (nSPS) is 13.9. The van der Waals surface area contributed by atoms with Crippen molar-refractivity contribution in [1.82, 2.24) is 9.97 Å². The molecule has 4 rings (SSSR count). The number of thiazole rings is 1. The number of aryl methyl sites for hydroxylation is 1. The molecule has 7 heteroatoms. The van der Waals surface area contributed by atoms with Crippen LogP contribution in [-0.4, -0.2) is 34.5 Å². The maximum Gasteiger partial charge on any atom is 0.166 e. The number of pyridine rings is 1. The first-order chi connectivity index (χ1) is 13.1. The third-order valence-corrected chi connectivity index (χ3v) is 5.96. The van der Waals surface area contributed by atoms with Crippen LogP contribution in [0.1, 0.15) is 28.9 Å². The first-order valence-corrected chi connectivity index (χ1v) is 9.55. The number of benzene rings is 1. The third-order valence-electron chi connectivity index (χ3n) is 4.70. The van der Waals surface area contributed by atoms with Gasteiger partial charge in [0.15, 0.2) is 17.9 Å². The smallest absolute Gasteiger partial charge is 0.166 e. The monoisotopic (exact) mass is 383 g/mol. The van der Waals surface area contributed by atoms with Crippen molar-refractivity contribution >= 4 is 23.4 Å². The zero-order valence-electron chi connectivity index (χ0n) is 14.8. The zero-order chi connectivity index (χ0) is 19.0. The van der Waals surface area contributed by atoms with Crippen molar-refractivity contribution in [3.63, 3.8) is 0 Å². The number of phenolic OH excluding ortho intramolecular Hbond substituents is 1. The van der Waals surface area contributed by atoms with Crippen LogP contribution in [0.25, 0.3) is 21.0 Å². The van der Waals surface area contributed by atoms with Gasteiger partial charge in [-0.3, -0.25) is 4.79 Å². The summed E-state index contributed by atoms with van der Waals surface area (Å²) in [4.78, 5) is 23.2. The maximum absolute atomic E-state index is 13.9. The van der Waals surface area contributed by atoms with Crippen molar-refractivity contribution in [2.75, 3.05) is 18.0 Å². The van der Waals surface area contributed by atoms with Crippen molar-refractivity contribution < 1.29 is 14.3 Å². The van der Waals surface area contributed by atoms with Crippen LogP contribution in [0.5, 0.6) is 5.75 Å². The average molecular weight is 383 g/mol. The molecular formula is C20H18FN3O2S. The largest absolute Gasteiger partial charge is 0.504 e. The fraction of sp³-hybridized carbons (Fsp3) is 0.250. The Balaban J connectivity index is 1.67. The summed E-state index contributed by atoms with van der Waals surface area (Å²) in [5.74, 6) is -0.473. The van der Waals surface area contributed by atoms with Gasteiger partial charge in [-0.2, -0.15) is 0 Å². The first kappa shape index (κ1) is 17.6. The van der Waals surface area contributed by atoms with Gasteiger partial charge in [-0.15, -0.1) is 11.3 Å². The Bertz CT molecular complexity index is 995. The molecule has 1 fully saturated rings. The van der Waals surface area contributed by atoms with Crippen molar-refractivity contribution in [3.8, 4) is 26.8 Å². The van der Waals surface area contributed by atoms with Crippen LogP contribution >= 0.6 is 11.3 Å². The summed E-state index contributed by atoms with van der Waals surface area (Å²) in [7, 11) is 0. The number of aromatic hydroxyl groups is 1. The quantitative estimate of drug-likeness (QED) is 0.675. The molecule has 3 aromatic rings. The van der Waals surface area contributed by atoms with Gasteiger partial charge in [0.05, 0.1) is 16.1 Å². The van der Waals surface area contributed by atoms with Gasteiger partial charge >= 0.3 is 0 Å².